The highest BCUT2D eigenvalue weighted by Gasteiger charge is 2.23. The Kier molecular flexibility index (Phi) is 8.66. The van der Waals surface area contributed by atoms with E-state index in [4.69, 9.17) is 26.2 Å². The van der Waals surface area contributed by atoms with E-state index < -0.39 is 29.9 Å². The quantitative estimate of drug-likeness (QED) is 0.327. The van der Waals surface area contributed by atoms with E-state index in [0.29, 0.717) is 24.3 Å². The zero-order valence-electron chi connectivity index (χ0n) is 19.0. The fourth-order valence-corrected chi connectivity index (χ4v) is 3.79. The van der Waals surface area contributed by atoms with E-state index in [-0.39, 0.29) is 40.7 Å². The van der Waals surface area contributed by atoms with Crippen molar-refractivity contribution in [3.8, 4) is 5.75 Å². The van der Waals surface area contributed by atoms with Crippen LogP contribution in [0.25, 0.3) is 10.9 Å². The summed E-state index contributed by atoms with van der Waals surface area (Å²) in [6.07, 6.45) is 1.81. The lowest BCUT2D eigenvalue weighted by molar-refractivity contribution is 0.0466. The van der Waals surface area contributed by atoms with Crippen molar-refractivity contribution in [1.82, 2.24) is 4.57 Å². The van der Waals surface area contributed by atoms with Gasteiger partial charge in [-0.3, -0.25) is 4.79 Å². The van der Waals surface area contributed by atoms with E-state index in [1.54, 1.807) is 22.8 Å². The molecule has 0 bridgehead atoms. The number of carbonyl (C=O) groups is 1. The van der Waals surface area contributed by atoms with Crippen LogP contribution in [0.15, 0.2) is 47.4 Å². The lowest BCUT2D eigenvalue weighted by Gasteiger charge is -2.25. The number of hydrogen-bond donors (Lipinski definition) is 2. The Morgan fingerprint density at radius 3 is 2.65 bits per heavy atom. The first-order valence-corrected chi connectivity index (χ1v) is 11.3. The minimum atomic E-state index is -0.913. The Hall–Kier alpha value is -2.94. The van der Waals surface area contributed by atoms with Gasteiger partial charge in [-0.05, 0) is 24.1 Å². The second kappa shape index (κ2) is 11.5. The van der Waals surface area contributed by atoms with E-state index in [1.165, 1.54) is 24.4 Å². The standard InChI is InChI=1S/C25H27ClFNO6/c1-15(2)22(13-30)28-12-19(25(32)34-14-16-5-3-6-20(26)23(16)27)24(31)18-8-7-17(11-21(18)28)33-10-4-9-29/h3,5-8,11-12,15,22,29-30H,4,9-10,13-14H2,1-2H3. The molecule has 0 aliphatic heterocycles. The smallest absolute Gasteiger partial charge is 0.344 e. The molecule has 1 aromatic heterocycles. The molecule has 0 fully saturated rings. The van der Waals surface area contributed by atoms with E-state index in [1.807, 2.05) is 13.8 Å². The zero-order valence-corrected chi connectivity index (χ0v) is 19.7. The molecule has 1 atom stereocenters. The molecule has 0 amide bonds. The molecule has 7 nitrogen and oxygen atoms in total. The number of halogens is 2. The Bertz CT molecular complexity index is 1230. The third kappa shape index (κ3) is 5.58. The third-order valence-corrected chi connectivity index (χ3v) is 5.79. The van der Waals surface area contributed by atoms with Crippen molar-refractivity contribution in [3.05, 3.63) is 74.8 Å². The zero-order chi connectivity index (χ0) is 24.8. The number of aromatic nitrogens is 1. The molecule has 34 heavy (non-hydrogen) atoms. The van der Waals surface area contributed by atoms with Crippen LogP contribution in [0.2, 0.25) is 5.02 Å². The van der Waals surface area contributed by atoms with Crippen LogP contribution in [0.3, 0.4) is 0 Å². The Morgan fingerprint density at radius 2 is 1.97 bits per heavy atom. The van der Waals surface area contributed by atoms with Crippen LogP contribution in [0.1, 0.15) is 42.2 Å². The monoisotopic (exact) mass is 491 g/mol. The van der Waals surface area contributed by atoms with E-state index >= 15 is 0 Å². The van der Waals surface area contributed by atoms with Gasteiger partial charge in [0.1, 0.15) is 23.7 Å². The van der Waals surface area contributed by atoms with Gasteiger partial charge in [-0.25, -0.2) is 9.18 Å². The minimum Gasteiger partial charge on any atom is -0.493 e. The van der Waals surface area contributed by atoms with Crippen molar-refractivity contribution >= 4 is 28.5 Å². The maximum Gasteiger partial charge on any atom is 0.344 e. The molecule has 3 rings (SSSR count). The Morgan fingerprint density at radius 1 is 1.21 bits per heavy atom. The topological polar surface area (TPSA) is 98.0 Å². The molecule has 0 spiro atoms. The SMILES string of the molecule is CC(C)C(CO)n1cc(C(=O)OCc2cccc(Cl)c2F)c(=O)c2ccc(OCCCO)cc21. The van der Waals surface area contributed by atoms with Gasteiger partial charge in [0, 0.05) is 36.2 Å². The van der Waals surface area contributed by atoms with Crippen molar-refractivity contribution in [2.45, 2.75) is 32.9 Å². The van der Waals surface area contributed by atoms with Crippen molar-refractivity contribution in [2.24, 2.45) is 5.92 Å². The van der Waals surface area contributed by atoms with Gasteiger partial charge in [0.2, 0.25) is 5.43 Å². The van der Waals surface area contributed by atoms with Crippen LogP contribution in [-0.4, -0.2) is 40.6 Å². The summed E-state index contributed by atoms with van der Waals surface area (Å²) in [6.45, 7) is 3.48. The number of benzene rings is 2. The minimum absolute atomic E-state index is 0.0111. The van der Waals surface area contributed by atoms with Gasteiger partial charge >= 0.3 is 5.97 Å². The van der Waals surface area contributed by atoms with Crippen molar-refractivity contribution in [2.75, 3.05) is 19.8 Å². The lowest BCUT2D eigenvalue weighted by Crippen LogP contribution is -2.26. The van der Waals surface area contributed by atoms with Gasteiger partial charge in [-0.1, -0.05) is 37.6 Å². The molecule has 1 unspecified atom stereocenters. The summed E-state index contributed by atoms with van der Waals surface area (Å²) in [7, 11) is 0. The fourth-order valence-electron chi connectivity index (χ4n) is 3.59. The Balaban J connectivity index is 2.03. The molecule has 0 radical (unpaired) electrons. The molecule has 0 aliphatic carbocycles. The summed E-state index contributed by atoms with van der Waals surface area (Å²) in [5.74, 6) is -1.15. The number of carbonyl (C=O) groups excluding carboxylic acids is 1. The Labute approximate surface area is 201 Å². The van der Waals surface area contributed by atoms with Crippen molar-refractivity contribution in [3.63, 3.8) is 0 Å². The molecule has 0 aliphatic rings. The van der Waals surface area contributed by atoms with Gasteiger partial charge < -0.3 is 24.3 Å². The number of rotatable bonds is 10. The number of pyridine rings is 1. The first-order chi connectivity index (χ1) is 16.3. The van der Waals surface area contributed by atoms with E-state index in [2.05, 4.69) is 0 Å². The summed E-state index contributed by atoms with van der Waals surface area (Å²) < 4.78 is 26.7. The molecule has 2 aromatic carbocycles. The average molecular weight is 492 g/mol. The molecular weight excluding hydrogens is 465 g/mol. The van der Waals surface area contributed by atoms with Gasteiger partial charge in [-0.2, -0.15) is 0 Å². The molecule has 0 saturated heterocycles. The predicted octanol–water partition coefficient (Wildman–Crippen LogP) is 4.10. The summed E-state index contributed by atoms with van der Waals surface area (Å²) in [6, 6.07) is 8.73. The van der Waals surface area contributed by atoms with Crippen molar-refractivity contribution in [1.29, 1.82) is 0 Å². The highest BCUT2D eigenvalue weighted by atomic mass is 35.5. The highest BCUT2D eigenvalue weighted by Crippen LogP contribution is 2.26. The van der Waals surface area contributed by atoms with Crippen LogP contribution in [0, 0.1) is 11.7 Å². The van der Waals surface area contributed by atoms with Crippen LogP contribution in [-0.2, 0) is 11.3 Å². The summed E-state index contributed by atoms with van der Waals surface area (Å²) in [5.41, 5.74) is -0.216. The largest absolute Gasteiger partial charge is 0.493 e. The lowest BCUT2D eigenvalue weighted by atomic mass is 10.0. The van der Waals surface area contributed by atoms with E-state index in [0.717, 1.165) is 0 Å². The van der Waals surface area contributed by atoms with Crippen LogP contribution < -0.4 is 10.2 Å². The van der Waals surface area contributed by atoms with Crippen molar-refractivity contribution < 1.29 is 28.9 Å². The van der Waals surface area contributed by atoms with Gasteiger partial charge in [0.05, 0.1) is 29.8 Å². The second-order valence-electron chi connectivity index (χ2n) is 8.17. The number of ether oxygens (including phenoxy) is 2. The number of fused-ring (bicyclic) bond motifs is 1. The number of esters is 1. The van der Waals surface area contributed by atoms with Gasteiger partial charge in [0.15, 0.2) is 0 Å². The second-order valence-corrected chi connectivity index (χ2v) is 8.57. The number of nitrogens with zero attached hydrogens (tertiary/aromatic N) is 1. The number of aliphatic hydroxyl groups is 2. The van der Waals surface area contributed by atoms with Crippen LogP contribution in [0.5, 0.6) is 5.75 Å². The molecule has 0 saturated carbocycles. The van der Waals surface area contributed by atoms with E-state index in [9.17, 15) is 19.1 Å². The normalized spacial score (nSPS) is 12.2. The van der Waals surface area contributed by atoms with Gasteiger partial charge in [-0.15, -0.1) is 0 Å². The molecule has 1 heterocycles. The first kappa shape index (κ1) is 25.7. The first-order valence-electron chi connectivity index (χ1n) is 10.9. The van der Waals surface area contributed by atoms with Crippen LogP contribution in [0.4, 0.5) is 4.39 Å². The highest BCUT2D eigenvalue weighted by molar-refractivity contribution is 6.30. The summed E-state index contributed by atoms with van der Waals surface area (Å²) in [5, 5.41) is 19.1. The molecule has 3 aromatic rings. The summed E-state index contributed by atoms with van der Waals surface area (Å²) >= 11 is 5.78. The summed E-state index contributed by atoms with van der Waals surface area (Å²) in [4.78, 5) is 26.0. The third-order valence-electron chi connectivity index (χ3n) is 5.50. The molecule has 9 heteroatoms. The number of aliphatic hydroxyl groups excluding tert-OH is 2. The maximum absolute atomic E-state index is 14.2. The molecular formula is C25H27ClFNO6. The predicted molar refractivity (Wildman–Crippen MR) is 127 cm³/mol. The molecule has 182 valence electrons. The average Bonchev–Trinajstić information content (AvgIpc) is 2.81. The fraction of sp³-hybridized carbons (Fsp3) is 0.360. The number of hydrogen-bond acceptors (Lipinski definition) is 6. The van der Waals surface area contributed by atoms with Crippen LogP contribution >= 0.6 is 11.6 Å². The van der Waals surface area contributed by atoms with Gasteiger partial charge in [0.25, 0.3) is 0 Å². The maximum atomic E-state index is 14.2. The molecule has 2 N–H and O–H groups in total.